The molecule has 1 aromatic heterocycles. The van der Waals surface area contributed by atoms with Crippen LogP contribution in [-0.4, -0.2) is 67.5 Å². The van der Waals surface area contributed by atoms with Gasteiger partial charge in [0.25, 0.3) is 0 Å². The molecule has 0 spiro atoms. The van der Waals surface area contributed by atoms with E-state index in [-0.39, 0.29) is 5.92 Å². The van der Waals surface area contributed by atoms with Crippen LogP contribution in [0.1, 0.15) is 44.2 Å². The van der Waals surface area contributed by atoms with Crippen LogP contribution in [0.15, 0.2) is 18.2 Å². The van der Waals surface area contributed by atoms with E-state index in [1.54, 1.807) is 0 Å². The fourth-order valence-electron chi connectivity index (χ4n) is 4.25. The van der Waals surface area contributed by atoms with Crippen LogP contribution >= 0.6 is 0 Å². The summed E-state index contributed by atoms with van der Waals surface area (Å²) in [5, 5.41) is 0. The maximum Gasteiger partial charge on any atom is 0.226 e. The predicted octanol–water partition coefficient (Wildman–Crippen LogP) is 2.80. The standard InChI is InChI=1S/C21H34N4O/c1-23(2)20-9-6-7-18(22-20)10-11-19-8-4-5-14-25(19)21(26)17-12-15-24(3)16-13-17/h6-7,9,17,19H,4-5,8,10-16H2,1-3H3. The van der Waals surface area contributed by atoms with Crippen LogP contribution in [0.2, 0.25) is 0 Å². The zero-order chi connectivity index (χ0) is 18.5. The molecule has 5 heteroatoms. The highest BCUT2D eigenvalue weighted by molar-refractivity contribution is 5.79. The number of hydrogen-bond donors (Lipinski definition) is 0. The number of piperidine rings is 2. The molecule has 2 aliphatic rings. The van der Waals surface area contributed by atoms with Crippen molar-refractivity contribution in [3.8, 4) is 0 Å². The Morgan fingerprint density at radius 3 is 2.65 bits per heavy atom. The monoisotopic (exact) mass is 358 g/mol. The van der Waals surface area contributed by atoms with E-state index < -0.39 is 0 Å². The molecule has 26 heavy (non-hydrogen) atoms. The Morgan fingerprint density at radius 1 is 1.15 bits per heavy atom. The third-order valence-corrected chi connectivity index (χ3v) is 5.96. The third kappa shape index (κ3) is 4.76. The minimum Gasteiger partial charge on any atom is -0.363 e. The molecule has 1 aromatic rings. The Hall–Kier alpha value is -1.62. The van der Waals surface area contributed by atoms with Gasteiger partial charge in [-0.3, -0.25) is 4.79 Å². The van der Waals surface area contributed by atoms with Crippen molar-refractivity contribution in [2.24, 2.45) is 5.92 Å². The molecule has 0 aromatic carbocycles. The van der Waals surface area contributed by atoms with Crippen molar-refractivity contribution < 1.29 is 4.79 Å². The number of nitrogens with zero attached hydrogens (tertiary/aromatic N) is 4. The zero-order valence-corrected chi connectivity index (χ0v) is 16.7. The summed E-state index contributed by atoms with van der Waals surface area (Å²) in [6.45, 7) is 3.05. The summed E-state index contributed by atoms with van der Waals surface area (Å²) < 4.78 is 0. The molecule has 2 fully saturated rings. The smallest absolute Gasteiger partial charge is 0.226 e. The van der Waals surface area contributed by atoms with Crippen molar-refractivity contribution >= 4 is 11.7 Å². The molecule has 3 rings (SSSR count). The highest BCUT2D eigenvalue weighted by Gasteiger charge is 2.32. The van der Waals surface area contributed by atoms with E-state index in [1.165, 1.54) is 6.42 Å². The van der Waals surface area contributed by atoms with Crippen LogP contribution in [-0.2, 0) is 11.2 Å². The number of aromatic nitrogens is 1. The van der Waals surface area contributed by atoms with E-state index in [1.807, 2.05) is 25.1 Å². The molecule has 3 heterocycles. The van der Waals surface area contributed by atoms with Gasteiger partial charge in [0, 0.05) is 38.3 Å². The molecule has 1 unspecified atom stereocenters. The van der Waals surface area contributed by atoms with E-state index in [2.05, 4.69) is 29.0 Å². The van der Waals surface area contributed by atoms with Crippen LogP contribution in [0.25, 0.3) is 0 Å². The first kappa shape index (κ1) is 19.2. The fourth-order valence-corrected chi connectivity index (χ4v) is 4.25. The highest BCUT2D eigenvalue weighted by Crippen LogP contribution is 2.26. The van der Waals surface area contributed by atoms with Gasteiger partial charge in [-0.25, -0.2) is 4.98 Å². The molecule has 2 aliphatic heterocycles. The lowest BCUT2D eigenvalue weighted by atomic mass is 9.91. The number of rotatable bonds is 5. The first-order valence-electron chi connectivity index (χ1n) is 10.2. The molecular formula is C21H34N4O. The molecule has 0 bridgehead atoms. The second kappa shape index (κ2) is 8.85. The number of hydrogen-bond acceptors (Lipinski definition) is 4. The zero-order valence-electron chi connectivity index (χ0n) is 16.7. The van der Waals surface area contributed by atoms with Crippen LogP contribution in [0.5, 0.6) is 0 Å². The number of carbonyl (C=O) groups excluding carboxylic acids is 1. The summed E-state index contributed by atoms with van der Waals surface area (Å²) in [5.41, 5.74) is 1.13. The van der Waals surface area contributed by atoms with Gasteiger partial charge >= 0.3 is 0 Å². The molecule has 0 N–H and O–H groups in total. The lowest BCUT2D eigenvalue weighted by Gasteiger charge is -2.39. The minimum absolute atomic E-state index is 0.238. The van der Waals surface area contributed by atoms with E-state index in [0.29, 0.717) is 11.9 Å². The lowest BCUT2D eigenvalue weighted by Crippen LogP contribution is -2.48. The molecular weight excluding hydrogens is 324 g/mol. The van der Waals surface area contributed by atoms with E-state index in [0.717, 1.165) is 69.7 Å². The van der Waals surface area contributed by atoms with Gasteiger partial charge in [-0.1, -0.05) is 6.07 Å². The first-order chi connectivity index (χ1) is 12.5. The van der Waals surface area contributed by atoms with Gasteiger partial charge in [-0.2, -0.15) is 0 Å². The van der Waals surface area contributed by atoms with Crippen molar-refractivity contribution in [3.05, 3.63) is 23.9 Å². The van der Waals surface area contributed by atoms with Gasteiger partial charge in [0.15, 0.2) is 0 Å². The highest BCUT2D eigenvalue weighted by atomic mass is 16.2. The normalized spacial score (nSPS) is 22.4. The van der Waals surface area contributed by atoms with Gasteiger partial charge < -0.3 is 14.7 Å². The van der Waals surface area contributed by atoms with Crippen LogP contribution in [0.3, 0.4) is 0 Å². The molecule has 1 atom stereocenters. The summed E-state index contributed by atoms with van der Waals surface area (Å²) in [7, 11) is 6.20. The SMILES string of the molecule is CN1CCC(C(=O)N2CCCCC2CCc2cccc(N(C)C)n2)CC1. The molecule has 0 radical (unpaired) electrons. The third-order valence-electron chi connectivity index (χ3n) is 5.96. The fraction of sp³-hybridized carbons (Fsp3) is 0.714. The first-order valence-corrected chi connectivity index (χ1v) is 10.2. The molecule has 0 saturated carbocycles. The van der Waals surface area contributed by atoms with Gasteiger partial charge in [0.2, 0.25) is 5.91 Å². The maximum absolute atomic E-state index is 13.1. The number of likely N-dealkylation sites (tertiary alicyclic amines) is 2. The summed E-state index contributed by atoms with van der Waals surface area (Å²) in [6, 6.07) is 6.62. The number of pyridine rings is 1. The van der Waals surface area contributed by atoms with Crippen molar-refractivity contribution in [1.29, 1.82) is 0 Å². The second-order valence-electron chi connectivity index (χ2n) is 8.18. The van der Waals surface area contributed by atoms with Crippen LogP contribution in [0.4, 0.5) is 5.82 Å². The predicted molar refractivity (Wildman–Crippen MR) is 106 cm³/mol. The molecule has 2 saturated heterocycles. The largest absolute Gasteiger partial charge is 0.363 e. The summed E-state index contributed by atoms with van der Waals surface area (Å²) in [5.74, 6) is 1.66. The van der Waals surface area contributed by atoms with Gasteiger partial charge in [-0.05, 0) is 77.2 Å². The Bertz CT molecular complexity index is 595. The van der Waals surface area contributed by atoms with E-state index >= 15 is 0 Å². The maximum atomic E-state index is 13.1. The minimum atomic E-state index is 0.238. The number of anilines is 1. The Kier molecular flexibility index (Phi) is 6.52. The van der Waals surface area contributed by atoms with Gasteiger partial charge in [0.1, 0.15) is 5.82 Å². The lowest BCUT2D eigenvalue weighted by molar-refractivity contribution is -0.140. The second-order valence-corrected chi connectivity index (χ2v) is 8.18. The average Bonchev–Trinajstić information content (AvgIpc) is 2.67. The summed E-state index contributed by atoms with van der Waals surface area (Å²) >= 11 is 0. The Balaban J connectivity index is 1.60. The van der Waals surface area contributed by atoms with E-state index in [9.17, 15) is 4.79 Å². The number of aryl methyl sites for hydroxylation is 1. The average molecular weight is 359 g/mol. The van der Waals surface area contributed by atoms with Crippen molar-refractivity contribution in [2.45, 2.75) is 51.0 Å². The summed E-state index contributed by atoms with van der Waals surface area (Å²) in [4.78, 5) is 24.4. The van der Waals surface area contributed by atoms with E-state index in [4.69, 9.17) is 4.98 Å². The Labute approximate surface area is 158 Å². The topological polar surface area (TPSA) is 39.7 Å². The Morgan fingerprint density at radius 2 is 1.92 bits per heavy atom. The molecule has 144 valence electrons. The van der Waals surface area contributed by atoms with Crippen LogP contribution < -0.4 is 4.90 Å². The van der Waals surface area contributed by atoms with Crippen molar-refractivity contribution in [2.75, 3.05) is 45.7 Å². The molecule has 1 amide bonds. The molecule has 0 aliphatic carbocycles. The number of amides is 1. The van der Waals surface area contributed by atoms with Gasteiger partial charge in [-0.15, -0.1) is 0 Å². The molecule has 5 nitrogen and oxygen atoms in total. The summed E-state index contributed by atoms with van der Waals surface area (Å²) in [6.07, 6.45) is 7.56. The van der Waals surface area contributed by atoms with Crippen molar-refractivity contribution in [1.82, 2.24) is 14.8 Å². The number of carbonyl (C=O) groups is 1. The van der Waals surface area contributed by atoms with Gasteiger partial charge in [0.05, 0.1) is 0 Å². The quantitative estimate of drug-likeness (QED) is 0.811. The van der Waals surface area contributed by atoms with Crippen molar-refractivity contribution in [3.63, 3.8) is 0 Å². The van der Waals surface area contributed by atoms with Crippen LogP contribution in [0, 0.1) is 5.92 Å².